The van der Waals surface area contributed by atoms with Gasteiger partial charge >= 0.3 is 0 Å². The third kappa shape index (κ3) is 3.95. The molecule has 20 heavy (non-hydrogen) atoms. The highest BCUT2D eigenvalue weighted by atomic mass is 35.7. The van der Waals surface area contributed by atoms with E-state index in [4.69, 9.17) is 15.4 Å². The van der Waals surface area contributed by atoms with Crippen LogP contribution in [0, 0.1) is 0 Å². The summed E-state index contributed by atoms with van der Waals surface area (Å²) in [6, 6.07) is 10.5. The second-order valence-electron chi connectivity index (χ2n) is 4.27. The van der Waals surface area contributed by atoms with Gasteiger partial charge in [0.05, 0.1) is 6.20 Å². The first kappa shape index (κ1) is 14.8. The second-order valence-corrected chi connectivity index (χ2v) is 6.83. The van der Waals surface area contributed by atoms with Crippen LogP contribution < -0.4 is 4.74 Å². The van der Waals surface area contributed by atoms with Crippen LogP contribution in [0.15, 0.2) is 47.5 Å². The normalized spacial score (nSPS) is 11.3. The van der Waals surface area contributed by atoms with Crippen molar-refractivity contribution in [1.82, 2.24) is 4.98 Å². The van der Waals surface area contributed by atoms with Gasteiger partial charge in [-0.25, -0.2) is 13.4 Å². The molecular weight excluding hydrogens is 298 g/mol. The molecule has 0 unspecified atom stereocenters. The fourth-order valence-corrected chi connectivity index (χ4v) is 2.39. The van der Waals surface area contributed by atoms with E-state index in [1.807, 2.05) is 24.3 Å². The Bertz CT molecular complexity index is 667. The van der Waals surface area contributed by atoms with E-state index in [1.54, 1.807) is 0 Å². The number of hydrogen-bond donors (Lipinski definition) is 0. The van der Waals surface area contributed by atoms with E-state index in [9.17, 15) is 8.42 Å². The minimum Gasteiger partial charge on any atom is -0.439 e. The lowest BCUT2D eigenvalue weighted by molar-refractivity contribution is 0.461. The van der Waals surface area contributed by atoms with Crippen LogP contribution in [0.3, 0.4) is 0 Å². The molecule has 6 heteroatoms. The fourth-order valence-electron chi connectivity index (χ4n) is 1.70. The third-order valence-electron chi connectivity index (χ3n) is 2.68. The Balaban J connectivity index is 2.10. The number of ether oxygens (including phenoxy) is 1. The molecule has 2 rings (SSSR count). The van der Waals surface area contributed by atoms with Gasteiger partial charge in [0.15, 0.2) is 0 Å². The van der Waals surface area contributed by atoms with Crippen molar-refractivity contribution in [2.75, 3.05) is 0 Å². The van der Waals surface area contributed by atoms with Gasteiger partial charge in [-0.3, -0.25) is 0 Å². The molecule has 0 radical (unpaired) electrons. The van der Waals surface area contributed by atoms with Gasteiger partial charge < -0.3 is 4.74 Å². The van der Waals surface area contributed by atoms with Gasteiger partial charge in [0.1, 0.15) is 10.6 Å². The number of halogens is 1. The van der Waals surface area contributed by atoms with E-state index >= 15 is 0 Å². The highest BCUT2D eigenvalue weighted by Crippen LogP contribution is 2.22. The van der Waals surface area contributed by atoms with Crippen LogP contribution in [0.25, 0.3) is 0 Å². The lowest BCUT2D eigenvalue weighted by atomic mass is 10.1. The van der Waals surface area contributed by atoms with Crippen LogP contribution in [-0.4, -0.2) is 13.4 Å². The van der Waals surface area contributed by atoms with Gasteiger partial charge in [-0.05, 0) is 30.2 Å². The summed E-state index contributed by atoms with van der Waals surface area (Å²) in [5, 5.41) is 0. The van der Waals surface area contributed by atoms with E-state index in [2.05, 4.69) is 11.9 Å². The van der Waals surface area contributed by atoms with Crippen LogP contribution in [0.5, 0.6) is 11.6 Å². The van der Waals surface area contributed by atoms with Crippen molar-refractivity contribution in [2.24, 2.45) is 0 Å². The molecule has 0 fully saturated rings. The van der Waals surface area contributed by atoms with Gasteiger partial charge in [-0.1, -0.05) is 25.5 Å². The molecule has 0 bridgehead atoms. The summed E-state index contributed by atoms with van der Waals surface area (Å²) >= 11 is 0. The van der Waals surface area contributed by atoms with Crippen molar-refractivity contribution in [3.05, 3.63) is 48.2 Å². The molecule has 0 aliphatic rings. The SMILES string of the molecule is CCCc1ccc(Oc2ccc(S(=O)(=O)Cl)cn2)cc1. The van der Waals surface area contributed by atoms with Crippen LogP contribution in [0.1, 0.15) is 18.9 Å². The zero-order chi connectivity index (χ0) is 14.6. The number of aromatic nitrogens is 1. The molecule has 0 amide bonds. The number of hydrogen-bond acceptors (Lipinski definition) is 4. The maximum Gasteiger partial charge on any atom is 0.262 e. The molecule has 0 aliphatic heterocycles. The standard InChI is InChI=1S/C14H14ClNO3S/c1-2-3-11-4-6-12(7-5-11)19-14-9-8-13(10-16-14)20(15,17)18/h4-10H,2-3H2,1H3. The van der Waals surface area contributed by atoms with E-state index in [-0.39, 0.29) is 4.90 Å². The summed E-state index contributed by atoms with van der Waals surface area (Å²) < 4.78 is 27.7. The van der Waals surface area contributed by atoms with Gasteiger partial charge in [0, 0.05) is 16.7 Å². The Morgan fingerprint density at radius 3 is 2.35 bits per heavy atom. The molecule has 1 aromatic carbocycles. The lowest BCUT2D eigenvalue weighted by Crippen LogP contribution is -1.93. The topological polar surface area (TPSA) is 56.3 Å². The Hall–Kier alpha value is -1.59. The van der Waals surface area contributed by atoms with Gasteiger partial charge in [-0.15, -0.1) is 0 Å². The first-order valence-corrected chi connectivity index (χ1v) is 8.47. The number of rotatable bonds is 5. The Morgan fingerprint density at radius 1 is 1.15 bits per heavy atom. The number of aryl methyl sites for hydroxylation is 1. The number of nitrogens with zero attached hydrogens (tertiary/aromatic N) is 1. The van der Waals surface area contributed by atoms with E-state index in [0.29, 0.717) is 11.6 Å². The minimum atomic E-state index is -3.75. The molecule has 0 spiro atoms. The maximum atomic E-state index is 11.1. The summed E-state index contributed by atoms with van der Waals surface area (Å²) in [5.41, 5.74) is 1.25. The van der Waals surface area contributed by atoms with Crippen LogP contribution in [-0.2, 0) is 15.5 Å². The van der Waals surface area contributed by atoms with Crippen molar-refractivity contribution < 1.29 is 13.2 Å². The molecular formula is C14H14ClNO3S. The molecule has 4 nitrogen and oxygen atoms in total. The average Bonchev–Trinajstić information content (AvgIpc) is 2.41. The summed E-state index contributed by atoms with van der Waals surface area (Å²) in [5.74, 6) is 0.969. The Kier molecular flexibility index (Phi) is 4.62. The molecule has 0 saturated heterocycles. The monoisotopic (exact) mass is 311 g/mol. The van der Waals surface area contributed by atoms with Crippen LogP contribution >= 0.6 is 10.7 Å². The summed E-state index contributed by atoms with van der Waals surface area (Å²) in [6.07, 6.45) is 3.29. The van der Waals surface area contributed by atoms with Crippen molar-refractivity contribution in [3.8, 4) is 11.6 Å². The van der Waals surface area contributed by atoms with Crippen molar-refractivity contribution >= 4 is 19.7 Å². The predicted octanol–water partition coefficient (Wildman–Crippen LogP) is 3.75. The third-order valence-corrected chi connectivity index (χ3v) is 4.01. The first-order chi connectivity index (χ1) is 9.49. The van der Waals surface area contributed by atoms with Crippen LogP contribution in [0.4, 0.5) is 0 Å². The maximum absolute atomic E-state index is 11.1. The van der Waals surface area contributed by atoms with Crippen molar-refractivity contribution in [3.63, 3.8) is 0 Å². The molecule has 0 saturated carbocycles. The Labute approximate surface area is 122 Å². The van der Waals surface area contributed by atoms with Crippen molar-refractivity contribution in [1.29, 1.82) is 0 Å². The fraction of sp³-hybridized carbons (Fsp3) is 0.214. The second kappa shape index (κ2) is 6.24. The predicted molar refractivity (Wildman–Crippen MR) is 77.8 cm³/mol. The molecule has 0 aliphatic carbocycles. The summed E-state index contributed by atoms with van der Waals surface area (Å²) in [6.45, 7) is 2.13. The average molecular weight is 312 g/mol. The quantitative estimate of drug-likeness (QED) is 0.789. The smallest absolute Gasteiger partial charge is 0.262 e. The minimum absolute atomic E-state index is 0.0511. The van der Waals surface area contributed by atoms with E-state index < -0.39 is 9.05 Å². The lowest BCUT2D eigenvalue weighted by Gasteiger charge is -2.06. The van der Waals surface area contributed by atoms with E-state index in [1.165, 1.54) is 23.9 Å². The molecule has 0 atom stereocenters. The van der Waals surface area contributed by atoms with Gasteiger partial charge in [0.25, 0.3) is 9.05 Å². The van der Waals surface area contributed by atoms with Crippen LogP contribution in [0.2, 0.25) is 0 Å². The molecule has 106 valence electrons. The van der Waals surface area contributed by atoms with Gasteiger partial charge in [0.2, 0.25) is 5.88 Å². The zero-order valence-corrected chi connectivity index (χ0v) is 12.5. The molecule has 1 heterocycles. The van der Waals surface area contributed by atoms with Gasteiger partial charge in [-0.2, -0.15) is 0 Å². The molecule has 0 N–H and O–H groups in total. The molecule has 1 aromatic heterocycles. The number of benzene rings is 1. The number of pyridine rings is 1. The Morgan fingerprint density at radius 2 is 1.85 bits per heavy atom. The summed E-state index contributed by atoms with van der Waals surface area (Å²) in [4.78, 5) is 3.86. The van der Waals surface area contributed by atoms with E-state index in [0.717, 1.165) is 12.8 Å². The zero-order valence-electron chi connectivity index (χ0n) is 10.9. The summed E-state index contributed by atoms with van der Waals surface area (Å²) in [7, 11) is 1.46. The highest BCUT2D eigenvalue weighted by molar-refractivity contribution is 8.13. The highest BCUT2D eigenvalue weighted by Gasteiger charge is 2.10. The first-order valence-electron chi connectivity index (χ1n) is 6.16. The largest absolute Gasteiger partial charge is 0.439 e. The molecule has 2 aromatic rings. The van der Waals surface area contributed by atoms with Crippen molar-refractivity contribution in [2.45, 2.75) is 24.7 Å².